The van der Waals surface area contributed by atoms with Crippen molar-refractivity contribution >= 4 is 11.9 Å². The molecule has 0 saturated heterocycles. The number of rotatable bonds is 6. The van der Waals surface area contributed by atoms with Crippen molar-refractivity contribution < 1.29 is 33.0 Å². The third kappa shape index (κ3) is 7.01. The fourth-order valence-electron chi connectivity index (χ4n) is 0.749. The molecule has 0 aromatic carbocycles. The maximum Gasteiger partial charge on any atom is 0.401 e. The zero-order valence-electron chi connectivity index (χ0n) is 8.04. The summed E-state index contributed by atoms with van der Waals surface area (Å²) in [6, 6.07) is -1.51. The Kier molecular flexibility index (Phi) is 5.75. The van der Waals surface area contributed by atoms with Crippen LogP contribution in [0.25, 0.3) is 0 Å². The lowest BCUT2D eigenvalue weighted by Gasteiger charge is -2.12. The van der Waals surface area contributed by atoms with E-state index in [2.05, 4.69) is 0 Å². The van der Waals surface area contributed by atoms with Gasteiger partial charge in [-0.1, -0.05) is 0 Å². The van der Waals surface area contributed by atoms with Crippen LogP contribution < -0.4 is 10.6 Å². The van der Waals surface area contributed by atoms with Gasteiger partial charge < -0.3 is 20.8 Å². The van der Waals surface area contributed by atoms with Crippen LogP contribution in [0.2, 0.25) is 0 Å². The number of nitrogens with one attached hydrogen (secondary N) is 2. The Morgan fingerprint density at radius 2 is 1.88 bits per heavy atom. The molecule has 0 aliphatic heterocycles. The minimum absolute atomic E-state index is 0.677. The smallest absolute Gasteiger partial charge is 0.401 e. The van der Waals surface area contributed by atoms with Crippen molar-refractivity contribution in [2.75, 3.05) is 19.7 Å². The number of aliphatic carboxylic acids is 1. The standard InChI is InChI=1S/C7H11F3N2O4/c8-7(9,10)3-11-1-5(14)12-4(2-13)6(15)16/h4,11,13H,1-3H2,(H,12,14)(H,15,16). The molecule has 0 aliphatic carbocycles. The van der Waals surface area contributed by atoms with Crippen LogP contribution in [0.3, 0.4) is 0 Å². The number of carbonyl (C=O) groups excluding carboxylic acids is 1. The van der Waals surface area contributed by atoms with Gasteiger partial charge in [-0.2, -0.15) is 13.2 Å². The van der Waals surface area contributed by atoms with Gasteiger partial charge in [-0.25, -0.2) is 4.79 Å². The lowest BCUT2D eigenvalue weighted by Crippen LogP contribution is -2.47. The SMILES string of the molecule is O=C(CNCC(F)(F)F)NC(CO)C(=O)O. The normalized spacial score (nSPS) is 13.2. The molecule has 4 N–H and O–H groups in total. The highest BCUT2D eigenvalue weighted by molar-refractivity contribution is 5.84. The molecule has 94 valence electrons. The summed E-state index contributed by atoms with van der Waals surface area (Å²) >= 11 is 0. The maximum absolute atomic E-state index is 11.6. The molecule has 1 atom stereocenters. The van der Waals surface area contributed by atoms with Crippen molar-refractivity contribution in [3.63, 3.8) is 0 Å². The van der Waals surface area contributed by atoms with Crippen LogP contribution in [0.4, 0.5) is 13.2 Å². The fraction of sp³-hybridized carbons (Fsp3) is 0.714. The monoisotopic (exact) mass is 244 g/mol. The maximum atomic E-state index is 11.6. The number of hydrogen-bond acceptors (Lipinski definition) is 4. The lowest BCUT2D eigenvalue weighted by atomic mass is 10.3. The molecule has 9 heteroatoms. The molecule has 0 rings (SSSR count). The molecule has 0 aliphatic rings. The van der Waals surface area contributed by atoms with E-state index < -0.39 is 43.8 Å². The van der Waals surface area contributed by atoms with Crippen LogP contribution in [0.5, 0.6) is 0 Å². The van der Waals surface area contributed by atoms with E-state index in [9.17, 15) is 22.8 Å². The van der Waals surface area contributed by atoms with Gasteiger partial charge >= 0.3 is 12.1 Å². The lowest BCUT2D eigenvalue weighted by molar-refractivity contribution is -0.143. The molecule has 0 bridgehead atoms. The summed E-state index contributed by atoms with van der Waals surface area (Å²) in [4.78, 5) is 21.2. The number of amides is 1. The van der Waals surface area contributed by atoms with E-state index in [4.69, 9.17) is 10.2 Å². The summed E-state index contributed by atoms with van der Waals surface area (Å²) < 4.78 is 34.9. The fourth-order valence-corrected chi connectivity index (χ4v) is 0.749. The van der Waals surface area contributed by atoms with Gasteiger partial charge in [-0.15, -0.1) is 0 Å². The number of hydrogen-bond donors (Lipinski definition) is 4. The van der Waals surface area contributed by atoms with Gasteiger partial charge in [0.15, 0.2) is 0 Å². The van der Waals surface area contributed by atoms with Gasteiger partial charge in [-0.05, 0) is 0 Å². The van der Waals surface area contributed by atoms with Crippen molar-refractivity contribution in [3.8, 4) is 0 Å². The molecule has 0 heterocycles. The summed E-state index contributed by atoms with van der Waals surface area (Å²) in [6.07, 6.45) is -4.44. The van der Waals surface area contributed by atoms with Crippen LogP contribution in [0, 0.1) is 0 Å². The average molecular weight is 244 g/mol. The zero-order valence-corrected chi connectivity index (χ0v) is 8.04. The topological polar surface area (TPSA) is 98.7 Å². The van der Waals surface area contributed by atoms with Crippen LogP contribution in [0.15, 0.2) is 0 Å². The van der Waals surface area contributed by atoms with Crippen LogP contribution in [0.1, 0.15) is 0 Å². The van der Waals surface area contributed by atoms with Crippen molar-refractivity contribution in [2.45, 2.75) is 12.2 Å². The third-order valence-corrected chi connectivity index (χ3v) is 1.43. The third-order valence-electron chi connectivity index (χ3n) is 1.43. The number of alkyl halides is 3. The highest BCUT2D eigenvalue weighted by Crippen LogP contribution is 2.11. The van der Waals surface area contributed by atoms with Crippen LogP contribution in [-0.4, -0.2) is 54.0 Å². The van der Waals surface area contributed by atoms with Gasteiger partial charge in [0.25, 0.3) is 0 Å². The minimum Gasteiger partial charge on any atom is -0.480 e. The summed E-state index contributed by atoms with van der Waals surface area (Å²) in [6.45, 7) is -2.86. The van der Waals surface area contributed by atoms with E-state index in [0.29, 0.717) is 0 Å². The molecule has 0 aromatic heterocycles. The summed E-state index contributed by atoms with van der Waals surface area (Å²) in [7, 11) is 0. The number of aliphatic hydroxyl groups is 1. The molecule has 0 radical (unpaired) electrons. The summed E-state index contributed by atoms with van der Waals surface area (Å²) in [5, 5.41) is 20.5. The van der Waals surface area contributed by atoms with E-state index >= 15 is 0 Å². The second-order valence-electron chi connectivity index (χ2n) is 2.86. The highest BCUT2D eigenvalue weighted by atomic mass is 19.4. The Balaban J connectivity index is 3.86. The Morgan fingerprint density at radius 1 is 1.31 bits per heavy atom. The van der Waals surface area contributed by atoms with Crippen LogP contribution >= 0.6 is 0 Å². The van der Waals surface area contributed by atoms with E-state index in [-0.39, 0.29) is 0 Å². The van der Waals surface area contributed by atoms with Crippen molar-refractivity contribution in [1.29, 1.82) is 0 Å². The van der Waals surface area contributed by atoms with Crippen molar-refractivity contribution in [1.82, 2.24) is 10.6 Å². The van der Waals surface area contributed by atoms with Gasteiger partial charge in [0.1, 0.15) is 6.04 Å². The van der Waals surface area contributed by atoms with Crippen molar-refractivity contribution in [2.24, 2.45) is 0 Å². The number of carboxylic acids is 1. The Bertz CT molecular complexity index is 257. The number of halogens is 3. The molecule has 6 nitrogen and oxygen atoms in total. The summed E-state index contributed by atoms with van der Waals surface area (Å²) in [5.74, 6) is -2.41. The van der Waals surface area contributed by atoms with Crippen molar-refractivity contribution in [3.05, 3.63) is 0 Å². The zero-order chi connectivity index (χ0) is 12.8. The molecular formula is C7H11F3N2O4. The average Bonchev–Trinajstić information content (AvgIpc) is 2.11. The van der Waals surface area contributed by atoms with Gasteiger partial charge in [-0.3, -0.25) is 4.79 Å². The van der Waals surface area contributed by atoms with E-state index in [1.807, 2.05) is 5.32 Å². The highest BCUT2D eigenvalue weighted by Gasteiger charge is 2.27. The first kappa shape index (κ1) is 14.6. The predicted octanol–water partition coefficient (Wildman–Crippen LogP) is -1.30. The molecule has 1 amide bonds. The van der Waals surface area contributed by atoms with E-state index in [0.717, 1.165) is 0 Å². The first-order chi connectivity index (χ1) is 7.26. The van der Waals surface area contributed by atoms with E-state index in [1.165, 1.54) is 0 Å². The number of carboxylic acid groups (broad SMARTS) is 1. The molecule has 1 unspecified atom stereocenters. The van der Waals surface area contributed by atoms with E-state index in [1.54, 1.807) is 5.32 Å². The second kappa shape index (κ2) is 6.28. The quantitative estimate of drug-likeness (QED) is 0.465. The first-order valence-electron chi connectivity index (χ1n) is 4.16. The molecule has 16 heavy (non-hydrogen) atoms. The van der Waals surface area contributed by atoms with Gasteiger partial charge in [0, 0.05) is 0 Å². The number of carbonyl (C=O) groups is 2. The van der Waals surface area contributed by atoms with Gasteiger partial charge in [0.2, 0.25) is 5.91 Å². The van der Waals surface area contributed by atoms with Crippen LogP contribution in [-0.2, 0) is 9.59 Å². The second-order valence-corrected chi connectivity index (χ2v) is 2.86. The largest absolute Gasteiger partial charge is 0.480 e. The molecule has 0 aromatic rings. The van der Waals surface area contributed by atoms with Gasteiger partial charge in [0.05, 0.1) is 19.7 Å². The summed E-state index contributed by atoms with van der Waals surface area (Å²) in [5.41, 5.74) is 0. The predicted molar refractivity (Wildman–Crippen MR) is 45.6 cm³/mol. The molecule has 0 saturated carbocycles. The molecular weight excluding hydrogens is 233 g/mol. The molecule has 0 fully saturated rings. The Labute approximate surface area is 88.4 Å². The Morgan fingerprint density at radius 3 is 2.25 bits per heavy atom. The molecule has 0 spiro atoms. The Hall–Kier alpha value is -1.35. The minimum atomic E-state index is -4.44. The number of aliphatic hydroxyl groups excluding tert-OH is 1. The first-order valence-corrected chi connectivity index (χ1v) is 4.16.